The minimum Gasteiger partial charge on any atom is -0.372 e. The lowest BCUT2D eigenvalue weighted by atomic mass is 9.96. The zero-order valence-corrected chi connectivity index (χ0v) is 10.5. The average molecular weight is 267 g/mol. The van der Waals surface area contributed by atoms with Gasteiger partial charge in [0.2, 0.25) is 0 Å². The second kappa shape index (κ2) is 3.33. The highest BCUT2D eigenvalue weighted by Crippen LogP contribution is 2.58. The molecule has 15 heavy (non-hydrogen) atoms. The highest BCUT2D eigenvalue weighted by atomic mass is 79.9. The van der Waals surface area contributed by atoms with Crippen molar-refractivity contribution < 1.29 is 4.74 Å². The van der Waals surface area contributed by atoms with E-state index in [1.54, 1.807) is 0 Å². The maximum atomic E-state index is 5.44. The van der Waals surface area contributed by atoms with Crippen LogP contribution >= 0.6 is 15.9 Å². The van der Waals surface area contributed by atoms with E-state index in [0.717, 1.165) is 13.2 Å². The topological polar surface area (TPSA) is 9.23 Å². The average Bonchev–Trinajstić information content (AvgIpc) is 2.82. The molecular formula is C13H15BrO. The van der Waals surface area contributed by atoms with Gasteiger partial charge in [-0.25, -0.2) is 0 Å². The summed E-state index contributed by atoms with van der Waals surface area (Å²) in [5, 5.41) is 0. The van der Waals surface area contributed by atoms with Crippen molar-refractivity contribution in [3.8, 4) is 0 Å². The van der Waals surface area contributed by atoms with E-state index < -0.39 is 0 Å². The summed E-state index contributed by atoms with van der Waals surface area (Å²) in [7, 11) is 0. The Labute approximate surface area is 99.0 Å². The normalized spacial score (nSPS) is 23.6. The van der Waals surface area contributed by atoms with Crippen LogP contribution in [0.2, 0.25) is 0 Å². The molecule has 3 rings (SSSR count). The Hall–Kier alpha value is -0.340. The van der Waals surface area contributed by atoms with Gasteiger partial charge in [-0.15, -0.1) is 0 Å². The molecule has 0 saturated heterocycles. The second-order valence-electron chi connectivity index (χ2n) is 5.04. The van der Waals surface area contributed by atoms with Crippen LogP contribution in [0.4, 0.5) is 0 Å². The molecule has 1 unspecified atom stereocenters. The van der Waals surface area contributed by atoms with Gasteiger partial charge >= 0.3 is 0 Å². The van der Waals surface area contributed by atoms with E-state index in [4.69, 9.17) is 4.74 Å². The smallest absolute Gasteiger partial charge is 0.0725 e. The number of benzene rings is 1. The number of alkyl halides is 1. The van der Waals surface area contributed by atoms with E-state index >= 15 is 0 Å². The van der Waals surface area contributed by atoms with Gasteiger partial charge in [0, 0.05) is 4.83 Å². The molecule has 1 heterocycles. The van der Waals surface area contributed by atoms with Gasteiger partial charge in [-0.1, -0.05) is 41.1 Å². The lowest BCUT2D eigenvalue weighted by Crippen LogP contribution is -2.03. The van der Waals surface area contributed by atoms with E-state index in [2.05, 4.69) is 41.1 Å². The summed E-state index contributed by atoms with van der Waals surface area (Å²) >= 11 is 3.84. The molecule has 1 atom stereocenters. The molecule has 1 saturated carbocycles. The molecular weight excluding hydrogens is 252 g/mol. The third-order valence-corrected chi connectivity index (χ3v) is 5.32. The molecule has 1 aliphatic heterocycles. The number of fused-ring (bicyclic) bond motifs is 1. The Bertz CT molecular complexity index is 396. The molecule has 0 amide bonds. The first-order valence-corrected chi connectivity index (χ1v) is 6.44. The van der Waals surface area contributed by atoms with Crippen molar-refractivity contribution in [1.82, 2.24) is 0 Å². The lowest BCUT2D eigenvalue weighted by Gasteiger charge is -2.17. The first-order chi connectivity index (χ1) is 7.19. The Morgan fingerprint density at radius 2 is 2.00 bits per heavy atom. The van der Waals surface area contributed by atoms with Gasteiger partial charge < -0.3 is 4.74 Å². The van der Waals surface area contributed by atoms with Crippen LogP contribution in [0.25, 0.3) is 0 Å². The van der Waals surface area contributed by atoms with E-state index in [1.165, 1.54) is 29.5 Å². The molecule has 0 N–H and O–H groups in total. The number of halogens is 1. The summed E-state index contributed by atoms with van der Waals surface area (Å²) < 4.78 is 5.44. The van der Waals surface area contributed by atoms with Crippen molar-refractivity contribution in [2.75, 3.05) is 0 Å². The fraction of sp³-hybridized carbons (Fsp3) is 0.538. The van der Waals surface area contributed by atoms with E-state index in [0.29, 0.717) is 10.2 Å². The fourth-order valence-electron chi connectivity index (χ4n) is 2.20. The third kappa shape index (κ3) is 1.64. The maximum absolute atomic E-state index is 5.44. The molecule has 1 aromatic carbocycles. The van der Waals surface area contributed by atoms with Crippen LogP contribution in [0.5, 0.6) is 0 Å². The highest BCUT2D eigenvalue weighted by Gasteiger charge is 2.44. The van der Waals surface area contributed by atoms with Gasteiger partial charge in [0.1, 0.15) is 0 Å². The van der Waals surface area contributed by atoms with Gasteiger partial charge in [-0.2, -0.15) is 0 Å². The summed E-state index contributed by atoms with van der Waals surface area (Å²) in [6.07, 6.45) is 2.69. The summed E-state index contributed by atoms with van der Waals surface area (Å²) in [5.41, 5.74) is 4.65. The van der Waals surface area contributed by atoms with Crippen LogP contribution in [0.15, 0.2) is 18.2 Å². The van der Waals surface area contributed by atoms with Crippen molar-refractivity contribution in [2.45, 2.75) is 37.8 Å². The maximum Gasteiger partial charge on any atom is 0.0725 e. The Morgan fingerprint density at radius 1 is 1.27 bits per heavy atom. The summed E-state index contributed by atoms with van der Waals surface area (Å²) in [6, 6.07) is 6.78. The van der Waals surface area contributed by atoms with Crippen LogP contribution in [0.3, 0.4) is 0 Å². The van der Waals surface area contributed by atoms with Gasteiger partial charge in [-0.05, 0) is 34.9 Å². The standard InChI is InChI=1S/C13H15BrO/c1-13(4-5-13)12(14)9-2-3-10-7-15-8-11(10)6-9/h2-3,6,12H,4-5,7-8H2,1H3. The monoisotopic (exact) mass is 266 g/mol. The molecule has 2 heteroatoms. The Morgan fingerprint density at radius 3 is 2.73 bits per heavy atom. The minimum absolute atomic E-state index is 0.494. The van der Waals surface area contributed by atoms with Crippen LogP contribution in [0.1, 0.15) is 41.3 Å². The summed E-state index contributed by atoms with van der Waals surface area (Å²) in [6.45, 7) is 3.94. The van der Waals surface area contributed by atoms with E-state index in [1.807, 2.05) is 0 Å². The molecule has 0 bridgehead atoms. The minimum atomic E-state index is 0.494. The molecule has 1 nitrogen and oxygen atoms in total. The molecule has 0 aromatic heterocycles. The van der Waals surface area contributed by atoms with Crippen molar-refractivity contribution in [1.29, 1.82) is 0 Å². The van der Waals surface area contributed by atoms with Crippen LogP contribution in [-0.2, 0) is 18.0 Å². The predicted molar refractivity (Wildman–Crippen MR) is 63.9 cm³/mol. The van der Waals surface area contributed by atoms with Crippen LogP contribution < -0.4 is 0 Å². The van der Waals surface area contributed by atoms with Gasteiger partial charge in [0.25, 0.3) is 0 Å². The molecule has 1 aliphatic carbocycles. The number of ether oxygens (including phenoxy) is 1. The van der Waals surface area contributed by atoms with E-state index in [9.17, 15) is 0 Å². The molecule has 0 spiro atoms. The first kappa shape index (κ1) is 9.86. The SMILES string of the molecule is CC1(C(Br)c2ccc3c(c2)COC3)CC1. The first-order valence-electron chi connectivity index (χ1n) is 5.53. The second-order valence-corrected chi connectivity index (χ2v) is 5.95. The Kier molecular flexibility index (Phi) is 2.18. The molecule has 2 aliphatic rings. The van der Waals surface area contributed by atoms with E-state index in [-0.39, 0.29) is 0 Å². The zero-order valence-electron chi connectivity index (χ0n) is 8.92. The summed E-state index contributed by atoms with van der Waals surface area (Å²) in [4.78, 5) is 0.510. The largest absolute Gasteiger partial charge is 0.372 e. The van der Waals surface area contributed by atoms with Crippen molar-refractivity contribution in [3.63, 3.8) is 0 Å². The fourth-order valence-corrected chi connectivity index (χ4v) is 2.95. The van der Waals surface area contributed by atoms with Crippen molar-refractivity contribution in [2.24, 2.45) is 5.41 Å². The Balaban J connectivity index is 1.92. The predicted octanol–water partition coefficient (Wildman–Crippen LogP) is 3.95. The van der Waals surface area contributed by atoms with Gasteiger partial charge in [0.05, 0.1) is 13.2 Å². The lowest BCUT2D eigenvalue weighted by molar-refractivity contribution is 0.134. The number of rotatable bonds is 2. The summed E-state index contributed by atoms with van der Waals surface area (Å²) in [5.74, 6) is 0. The molecule has 1 aromatic rings. The van der Waals surface area contributed by atoms with Crippen molar-refractivity contribution in [3.05, 3.63) is 34.9 Å². The number of hydrogen-bond acceptors (Lipinski definition) is 1. The zero-order chi connectivity index (χ0) is 10.5. The van der Waals surface area contributed by atoms with Gasteiger partial charge in [0.15, 0.2) is 0 Å². The highest BCUT2D eigenvalue weighted by molar-refractivity contribution is 9.09. The quantitative estimate of drug-likeness (QED) is 0.737. The van der Waals surface area contributed by atoms with Crippen LogP contribution in [0, 0.1) is 5.41 Å². The molecule has 80 valence electrons. The van der Waals surface area contributed by atoms with Crippen LogP contribution in [-0.4, -0.2) is 0 Å². The number of hydrogen-bond donors (Lipinski definition) is 0. The van der Waals surface area contributed by atoms with Gasteiger partial charge in [-0.3, -0.25) is 0 Å². The molecule has 0 radical (unpaired) electrons. The third-order valence-electron chi connectivity index (χ3n) is 3.69. The molecule has 1 fully saturated rings. The van der Waals surface area contributed by atoms with Crippen molar-refractivity contribution >= 4 is 15.9 Å².